The van der Waals surface area contributed by atoms with E-state index in [1.807, 2.05) is 6.92 Å². The van der Waals surface area contributed by atoms with Gasteiger partial charge in [-0.1, -0.05) is 36.5 Å². The molecule has 3 N–H and O–H groups in total. The Balaban J connectivity index is 2.00. The van der Waals surface area contributed by atoms with E-state index in [4.69, 9.17) is 27.9 Å². The predicted octanol–water partition coefficient (Wildman–Crippen LogP) is 3.88. The first kappa shape index (κ1) is 29.3. The van der Waals surface area contributed by atoms with Crippen molar-refractivity contribution in [2.75, 3.05) is 24.5 Å². The number of fused-ring (bicyclic) bond motifs is 1. The summed E-state index contributed by atoms with van der Waals surface area (Å²) in [4.78, 5) is 39.8. The number of carbonyl (C=O) groups excluding carboxylic acids is 3. The molecule has 3 aromatic rings. The molecular formula is C25H28Cl2N4O6S. The molecule has 1 aromatic heterocycles. The van der Waals surface area contributed by atoms with Crippen LogP contribution in [-0.2, 0) is 24.3 Å². The first-order chi connectivity index (χ1) is 18.0. The summed E-state index contributed by atoms with van der Waals surface area (Å²) in [5.74, 6) is -1.57. The van der Waals surface area contributed by atoms with Gasteiger partial charge in [-0.05, 0) is 49.7 Å². The minimum atomic E-state index is -4.31. The molecule has 204 valence electrons. The fourth-order valence-electron chi connectivity index (χ4n) is 3.63. The first-order valence-corrected chi connectivity index (χ1v) is 14.0. The fraction of sp³-hybridized carbons (Fsp3) is 0.320. The number of carbonyl (C=O) groups is 3. The molecule has 0 fully saturated rings. The Morgan fingerprint density at radius 2 is 1.79 bits per heavy atom. The smallest absolute Gasteiger partial charge is 0.326 e. The van der Waals surface area contributed by atoms with Crippen molar-refractivity contribution in [3.05, 3.63) is 58.2 Å². The molecule has 0 aliphatic carbocycles. The summed E-state index contributed by atoms with van der Waals surface area (Å²) in [5.41, 5.74) is 0.842. The maximum atomic E-state index is 13.7. The molecule has 0 saturated heterocycles. The summed E-state index contributed by atoms with van der Waals surface area (Å²) in [7, 11) is -2.84. The van der Waals surface area contributed by atoms with Crippen LogP contribution in [0, 0.1) is 0 Å². The molecule has 0 aliphatic rings. The number of aromatic amines is 1. The number of H-pyrrole nitrogens is 1. The van der Waals surface area contributed by atoms with Crippen LogP contribution in [0.15, 0.2) is 47.5 Å². The van der Waals surface area contributed by atoms with Crippen molar-refractivity contribution in [1.29, 1.82) is 0 Å². The molecule has 13 heteroatoms. The van der Waals surface area contributed by atoms with E-state index in [0.717, 1.165) is 10.7 Å². The Morgan fingerprint density at radius 1 is 1.11 bits per heavy atom. The van der Waals surface area contributed by atoms with Crippen molar-refractivity contribution < 1.29 is 27.5 Å². The van der Waals surface area contributed by atoms with Crippen LogP contribution >= 0.6 is 23.2 Å². The van der Waals surface area contributed by atoms with Crippen molar-refractivity contribution in [1.82, 2.24) is 15.6 Å². The number of hydrogen-bond acceptors (Lipinski definition) is 6. The number of aromatic nitrogens is 1. The Morgan fingerprint density at radius 3 is 2.42 bits per heavy atom. The number of nitrogens with zero attached hydrogens (tertiary/aromatic N) is 1. The number of amides is 2. The van der Waals surface area contributed by atoms with E-state index in [1.165, 1.54) is 43.6 Å². The van der Waals surface area contributed by atoms with E-state index in [0.29, 0.717) is 17.3 Å². The quantitative estimate of drug-likeness (QED) is 0.232. The number of benzene rings is 2. The highest BCUT2D eigenvalue weighted by molar-refractivity contribution is 7.92. The highest BCUT2D eigenvalue weighted by Gasteiger charge is 2.29. The van der Waals surface area contributed by atoms with Gasteiger partial charge in [0, 0.05) is 34.2 Å². The van der Waals surface area contributed by atoms with Crippen LogP contribution < -0.4 is 14.9 Å². The van der Waals surface area contributed by atoms with Gasteiger partial charge >= 0.3 is 5.97 Å². The molecule has 0 radical (unpaired) electrons. The highest BCUT2D eigenvalue weighted by Crippen LogP contribution is 2.31. The van der Waals surface area contributed by atoms with Gasteiger partial charge in [-0.2, -0.15) is 0 Å². The second-order valence-corrected chi connectivity index (χ2v) is 11.2. The van der Waals surface area contributed by atoms with Gasteiger partial charge in [0.15, 0.2) is 0 Å². The zero-order valence-corrected chi connectivity index (χ0v) is 23.3. The summed E-state index contributed by atoms with van der Waals surface area (Å²) in [5, 5.41) is 5.78. The number of unbranched alkanes of at least 4 members (excludes halogenated alkanes) is 1. The molecule has 0 bridgehead atoms. The summed E-state index contributed by atoms with van der Waals surface area (Å²) in [6.07, 6.45) is 2.90. The van der Waals surface area contributed by atoms with E-state index in [1.54, 1.807) is 13.0 Å². The van der Waals surface area contributed by atoms with Crippen molar-refractivity contribution in [3.8, 4) is 0 Å². The Hall–Kier alpha value is -3.28. The van der Waals surface area contributed by atoms with Gasteiger partial charge in [0.25, 0.3) is 15.9 Å². The van der Waals surface area contributed by atoms with Crippen LogP contribution in [0.5, 0.6) is 0 Å². The Kier molecular flexibility index (Phi) is 9.64. The molecule has 1 unspecified atom stereocenters. The second-order valence-electron chi connectivity index (χ2n) is 8.43. The van der Waals surface area contributed by atoms with Gasteiger partial charge in [0.05, 0.1) is 22.8 Å². The van der Waals surface area contributed by atoms with Gasteiger partial charge in [0.2, 0.25) is 5.91 Å². The number of ether oxygens (including phenoxy) is 1. The minimum Gasteiger partial charge on any atom is -0.464 e. The van der Waals surface area contributed by atoms with Crippen molar-refractivity contribution in [2.24, 2.45) is 0 Å². The molecule has 2 aromatic carbocycles. The second kappa shape index (κ2) is 12.5. The van der Waals surface area contributed by atoms with Crippen LogP contribution in [0.2, 0.25) is 10.0 Å². The average Bonchev–Trinajstić information content (AvgIpc) is 3.29. The zero-order valence-electron chi connectivity index (χ0n) is 21.0. The predicted molar refractivity (Wildman–Crippen MR) is 146 cm³/mol. The molecule has 38 heavy (non-hydrogen) atoms. The standard InChI is InChI=1S/C25H28Cl2N4O6S/c1-4-5-8-37-23(32)14-31(38(35,36)19-10-16(26)9-17(27)11-19)18-6-7-20-21(13-29-22(20)12-18)25(34)30-15(2)24(33)28-3/h6-7,9-13,15,29H,4-5,8,14H2,1-3H3,(H,28,33)(H,30,34). The van der Waals surface area contributed by atoms with Gasteiger partial charge in [-0.15, -0.1) is 0 Å². The van der Waals surface area contributed by atoms with Crippen LogP contribution in [0.1, 0.15) is 37.0 Å². The largest absolute Gasteiger partial charge is 0.464 e. The van der Waals surface area contributed by atoms with Crippen molar-refractivity contribution in [2.45, 2.75) is 37.6 Å². The molecule has 0 spiro atoms. The van der Waals surface area contributed by atoms with E-state index < -0.39 is 34.5 Å². The summed E-state index contributed by atoms with van der Waals surface area (Å²) in [6, 6.07) is 7.63. The lowest BCUT2D eigenvalue weighted by Crippen LogP contribution is -2.43. The molecular weight excluding hydrogens is 555 g/mol. The Labute approximate surface area is 230 Å². The van der Waals surface area contributed by atoms with Gasteiger partial charge in [-0.3, -0.25) is 18.7 Å². The van der Waals surface area contributed by atoms with E-state index >= 15 is 0 Å². The van der Waals surface area contributed by atoms with E-state index in [9.17, 15) is 22.8 Å². The maximum absolute atomic E-state index is 13.7. The first-order valence-electron chi connectivity index (χ1n) is 11.8. The lowest BCUT2D eigenvalue weighted by atomic mass is 10.1. The normalized spacial score (nSPS) is 12.1. The highest BCUT2D eigenvalue weighted by atomic mass is 35.5. The third-order valence-electron chi connectivity index (χ3n) is 5.64. The molecule has 2 amide bonds. The van der Waals surface area contributed by atoms with Gasteiger partial charge < -0.3 is 20.4 Å². The fourth-order valence-corrected chi connectivity index (χ4v) is 5.75. The number of esters is 1. The summed E-state index contributed by atoms with van der Waals surface area (Å²) < 4.78 is 33.4. The summed E-state index contributed by atoms with van der Waals surface area (Å²) in [6.45, 7) is 3.05. The SMILES string of the molecule is CCCCOC(=O)CN(c1ccc2c(C(=O)NC(C)C(=O)NC)c[nH]c2c1)S(=O)(=O)c1cc(Cl)cc(Cl)c1. The molecule has 1 atom stereocenters. The third-order valence-corrected chi connectivity index (χ3v) is 7.83. The number of halogens is 2. The third kappa shape index (κ3) is 6.77. The number of sulfonamides is 1. The number of rotatable bonds is 11. The molecule has 1 heterocycles. The van der Waals surface area contributed by atoms with Gasteiger partial charge in [0.1, 0.15) is 12.6 Å². The number of likely N-dealkylation sites (N-methyl/N-ethyl adjacent to an activating group) is 1. The van der Waals surface area contributed by atoms with Crippen LogP contribution in [-0.4, -0.2) is 57.4 Å². The number of anilines is 1. The molecule has 3 rings (SSSR count). The van der Waals surface area contributed by atoms with Crippen LogP contribution in [0.3, 0.4) is 0 Å². The average molecular weight is 583 g/mol. The van der Waals surface area contributed by atoms with E-state index in [-0.39, 0.29) is 38.7 Å². The Bertz CT molecular complexity index is 1440. The van der Waals surface area contributed by atoms with Crippen LogP contribution in [0.4, 0.5) is 5.69 Å². The molecule has 0 aliphatic heterocycles. The van der Waals surface area contributed by atoms with Gasteiger partial charge in [-0.25, -0.2) is 8.42 Å². The van der Waals surface area contributed by atoms with Crippen molar-refractivity contribution >= 4 is 67.6 Å². The molecule has 0 saturated carbocycles. The topological polar surface area (TPSA) is 138 Å². The lowest BCUT2D eigenvalue weighted by Gasteiger charge is -2.24. The van der Waals surface area contributed by atoms with Crippen LogP contribution in [0.25, 0.3) is 10.9 Å². The zero-order chi connectivity index (χ0) is 28.0. The molecule has 10 nitrogen and oxygen atoms in total. The lowest BCUT2D eigenvalue weighted by molar-refractivity contribution is -0.141. The van der Waals surface area contributed by atoms with Crippen molar-refractivity contribution in [3.63, 3.8) is 0 Å². The monoisotopic (exact) mass is 582 g/mol. The van der Waals surface area contributed by atoms with E-state index in [2.05, 4.69) is 15.6 Å². The minimum absolute atomic E-state index is 0.114. The summed E-state index contributed by atoms with van der Waals surface area (Å²) >= 11 is 12.1. The number of hydrogen-bond donors (Lipinski definition) is 3. The maximum Gasteiger partial charge on any atom is 0.326 e. The number of nitrogens with one attached hydrogen (secondary N) is 3.